The monoisotopic (exact) mass is 307 g/mol. The number of nitrogens with one attached hydrogen (secondary N) is 1. The van der Waals surface area contributed by atoms with Gasteiger partial charge in [-0.15, -0.1) is 0 Å². The van der Waals surface area contributed by atoms with Gasteiger partial charge in [0.25, 0.3) is 11.6 Å². The zero-order chi connectivity index (χ0) is 16.1. The first-order valence-electron chi connectivity index (χ1n) is 7.36. The minimum atomic E-state index is -0.428. The lowest BCUT2D eigenvalue weighted by molar-refractivity contribution is -0.384. The summed E-state index contributed by atoms with van der Waals surface area (Å²) in [5.41, 5.74) is 0.857. The smallest absolute Gasteiger partial charge is 0.293 e. The molecule has 1 amide bonds. The molecule has 0 saturated carbocycles. The molecule has 1 N–H and O–H groups in total. The van der Waals surface area contributed by atoms with E-state index >= 15 is 0 Å². The normalized spacial score (nSPS) is 15.6. The Kier molecular flexibility index (Phi) is 5.32. The highest BCUT2D eigenvalue weighted by molar-refractivity contribution is 5.96. The van der Waals surface area contributed by atoms with Crippen molar-refractivity contribution >= 4 is 17.3 Å². The van der Waals surface area contributed by atoms with Crippen molar-refractivity contribution < 1.29 is 14.5 Å². The van der Waals surface area contributed by atoms with Gasteiger partial charge in [-0.3, -0.25) is 14.9 Å². The van der Waals surface area contributed by atoms with Crippen LogP contribution in [-0.4, -0.2) is 43.7 Å². The number of hydrogen-bond donors (Lipinski definition) is 1. The summed E-state index contributed by atoms with van der Waals surface area (Å²) in [6.07, 6.45) is 2.07. The highest BCUT2D eigenvalue weighted by atomic mass is 16.6. The van der Waals surface area contributed by atoms with E-state index in [0.29, 0.717) is 12.3 Å². The fourth-order valence-electron chi connectivity index (χ4n) is 2.64. The number of benzene rings is 1. The SMILES string of the molecule is COCC(C)NC(=O)c1ccc(N2CCCC2)c([N+](=O)[O-])c1. The molecular formula is C15H21N3O4. The fourth-order valence-corrected chi connectivity index (χ4v) is 2.64. The Hall–Kier alpha value is -2.15. The molecule has 1 aliphatic heterocycles. The quantitative estimate of drug-likeness (QED) is 0.641. The Balaban J connectivity index is 2.21. The predicted molar refractivity (Wildman–Crippen MR) is 83.3 cm³/mol. The zero-order valence-corrected chi connectivity index (χ0v) is 12.9. The summed E-state index contributed by atoms with van der Waals surface area (Å²) >= 11 is 0. The second-order valence-electron chi connectivity index (χ2n) is 5.48. The average molecular weight is 307 g/mol. The second kappa shape index (κ2) is 7.22. The van der Waals surface area contributed by atoms with E-state index in [4.69, 9.17) is 4.74 Å². The van der Waals surface area contributed by atoms with Gasteiger partial charge in [0.05, 0.1) is 11.5 Å². The molecule has 1 saturated heterocycles. The van der Waals surface area contributed by atoms with Gasteiger partial charge in [0.1, 0.15) is 5.69 Å². The van der Waals surface area contributed by atoms with Crippen LogP contribution in [0, 0.1) is 10.1 Å². The number of rotatable bonds is 6. The van der Waals surface area contributed by atoms with E-state index in [1.807, 2.05) is 11.8 Å². The van der Waals surface area contributed by atoms with Crippen molar-refractivity contribution in [3.05, 3.63) is 33.9 Å². The average Bonchev–Trinajstić information content (AvgIpc) is 3.00. The Morgan fingerprint density at radius 3 is 2.73 bits per heavy atom. The highest BCUT2D eigenvalue weighted by Crippen LogP contribution is 2.31. The van der Waals surface area contributed by atoms with E-state index in [0.717, 1.165) is 25.9 Å². The molecular weight excluding hydrogens is 286 g/mol. The molecule has 2 rings (SSSR count). The molecule has 1 aromatic rings. The van der Waals surface area contributed by atoms with E-state index in [1.165, 1.54) is 6.07 Å². The second-order valence-corrected chi connectivity index (χ2v) is 5.48. The molecule has 1 heterocycles. The largest absolute Gasteiger partial charge is 0.383 e. The molecule has 1 aliphatic rings. The highest BCUT2D eigenvalue weighted by Gasteiger charge is 2.24. The third-order valence-corrected chi connectivity index (χ3v) is 3.68. The third kappa shape index (κ3) is 3.73. The number of carbonyl (C=O) groups excluding carboxylic acids is 1. The van der Waals surface area contributed by atoms with E-state index < -0.39 is 4.92 Å². The lowest BCUT2D eigenvalue weighted by Crippen LogP contribution is -2.35. The minimum absolute atomic E-state index is 0.0195. The summed E-state index contributed by atoms with van der Waals surface area (Å²) in [5.74, 6) is -0.333. The van der Waals surface area contributed by atoms with Crippen molar-refractivity contribution in [3.8, 4) is 0 Å². The van der Waals surface area contributed by atoms with Crippen LogP contribution >= 0.6 is 0 Å². The van der Waals surface area contributed by atoms with Crippen molar-refractivity contribution in [1.29, 1.82) is 0 Å². The molecule has 0 aromatic heterocycles. The number of amides is 1. The van der Waals surface area contributed by atoms with Crippen molar-refractivity contribution in [2.45, 2.75) is 25.8 Å². The Labute approximate surface area is 129 Å². The number of nitrogens with zero attached hydrogens (tertiary/aromatic N) is 2. The van der Waals surface area contributed by atoms with Crippen LogP contribution in [0.2, 0.25) is 0 Å². The van der Waals surface area contributed by atoms with Crippen LogP contribution in [0.5, 0.6) is 0 Å². The van der Waals surface area contributed by atoms with Crippen LogP contribution in [0.3, 0.4) is 0 Å². The number of carbonyl (C=O) groups is 1. The van der Waals surface area contributed by atoms with Gasteiger partial charge < -0.3 is 15.0 Å². The molecule has 0 aliphatic carbocycles. The maximum absolute atomic E-state index is 12.1. The zero-order valence-electron chi connectivity index (χ0n) is 12.9. The summed E-state index contributed by atoms with van der Waals surface area (Å²) in [5, 5.41) is 14.1. The van der Waals surface area contributed by atoms with Gasteiger partial charge in [-0.1, -0.05) is 0 Å². The van der Waals surface area contributed by atoms with E-state index in [-0.39, 0.29) is 23.2 Å². The first-order chi connectivity index (χ1) is 10.5. The van der Waals surface area contributed by atoms with Gasteiger partial charge in [-0.25, -0.2) is 0 Å². The van der Waals surface area contributed by atoms with Gasteiger partial charge in [0.15, 0.2) is 0 Å². The van der Waals surface area contributed by atoms with Crippen LogP contribution in [0.15, 0.2) is 18.2 Å². The Bertz CT molecular complexity index is 556. The van der Waals surface area contributed by atoms with Gasteiger partial charge in [0.2, 0.25) is 0 Å². The standard InChI is InChI=1S/C15H21N3O4/c1-11(10-22-2)16-15(19)12-5-6-13(14(9-12)18(20)21)17-7-3-4-8-17/h5-6,9,11H,3-4,7-8,10H2,1-2H3,(H,16,19). The maximum Gasteiger partial charge on any atom is 0.293 e. The lowest BCUT2D eigenvalue weighted by Gasteiger charge is -2.18. The molecule has 1 unspecified atom stereocenters. The molecule has 0 bridgehead atoms. The van der Waals surface area contributed by atoms with Crippen molar-refractivity contribution in [1.82, 2.24) is 5.32 Å². The Morgan fingerprint density at radius 1 is 1.45 bits per heavy atom. The summed E-state index contributed by atoms with van der Waals surface area (Å²) in [4.78, 5) is 25.0. The molecule has 0 radical (unpaired) electrons. The number of hydrogen-bond acceptors (Lipinski definition) is 5. The fraction of sp³-hybridized carbons (Fsp3) is 0.533. The molecule has 1 fully saturated rings. The number of ether oxygens (including phenoxy) is 1. The summed E-state index contributed by atoms with van der Waals surface area (Å²) in [7, 11) is 1.55. The number of methoxy groups -OCH3 is 1. The third-order valence-electron chi connectivity index (χ3n) is 3.68. The van der Waals surface area contributed by atoms with Crippen LogP contribution in [0.1, 0.15) is 30.1 Å². The van der Waals surface area contributed by atoms with Crippen LogP contribution < -0.4 is 10.2 Å². The minimum Gasteiger partial charge on any atom is -0.383 e. The maximum atomic E-state index is 12.1. The number of nitro benzene ring substituents is 1. The van der Waals surface area contributed by atoms with E-state index in [1.54, 1.807) is 19.2 Å². The molecule has 7 heteroatoms. The van der Waals surface area contributed by atoms with Gasteiger partial charge in [-0.2, -0.15) is 0 Å². The van der Waals surface area contributed by atoms with E-state index in [9.17, 15) is 14.9 Å². The summed E-state index contributed by atoms with van der Waals surface area (Å²) in [6.45, 7) is 3.84. The topological polar surface area (TPSA) is 84.7 Å². The van der Waals surface area contributed by atoms with Gasteiger partial charge in [0, 0.05) is 37.9 Å². The predicted octanol–water partition coefficient (Wildman–Crippen LogP) is 1.96. The number of nitro groups is 1. The summed E-state index contributed by atoms with van der Waals surface area (Å²) in [6, 6.07) is 4.49. The molecule has 0 spiro atoms. The molecule has 1 atom stereocenters. The summed E-state index contributed by atoms with van der Waals surface area (Å²) < 4.78 is 4.96. The molecule has 1 aromatic carbocycles. The number of anilines is 1. The van der Waals surface area contributed by atoms with Crippen LogP contribution in [0.25, 0.3) is 0 Å². The van der Waals surface area contributed by atoms with Crippen molar-refractivity contribution in [2.24, 2.45) is 0 Å². The van der Waals surface area contributed by atoms with Gasteiger partial charge >= 0.3 is 0 Å². The Morgan fingerprint density at radius 2 is 2.14 bits per heavy atom. The van der Waals surface area contributed by atoms with Crippen molar-refractivity contribution in [3.63, 3.8) is 0 Å². The van der Waals surface area contributed by atoms with E-state index in [2.05, 4.69) is 5.32 Å². The first-order valence-corrected chi connectivity index (χ1v) is 7.36. The van der Waals surface area contributed by atoms with Gasteiger partial charge in [-0.05, 0) is 31.9 Å². The van der Waals surface area contributed by atoms with Crippen molar-refractivity contribution in [2.75, 3.05) is 31.7 Å². The first kappa shape index (κ1) is 16.2. The molecule has 22 heavy (non-hydrogen) atoms. The molecule has 120 valence electrons. The van der Waals surface area contributed by atoms with Crippen LogP contribution in [-0.2, 0) is 4.74 Å². The molecule has 7 nitrogen and oxygen atoms in total. The van der Waals surface area contributed by atoms with Crippen LogP contribution in [0.4, 0.5) is 11.4 Å². The lowest BCUT2D eigenvalue weighted by atomic mass is 10.1.